The Labute approximate surface area is 185 Å². The average Bonchev–Trinajstić information content (AvgIpc) is 3.12. The number of benzene rings is 1. The van der Waals surface area contributed by atoms with Gasteiger partial charge in [-0.3, -0.25) is 9.59 Å². The molecule has 1 amide bonds. The van der Waals surface area contributed by atoms with Crippen LogP contribution in [0.3, 0.4) is 0 Å². The van der Waals surface area contributed by atoms with Crippen molar-refractivity contribution in [1.82, 2.24) is 0 Å². The van der Waals surface area contributed by atoms with Crippen LogP contribution in [0.15, 0.2) is 24.3 Å². The topological polar surface area (TPSA) is 90.9 Å². The molecule has 0 spiro atoms. The van der Waals surface area contributed by atoms with E-state index in [1.54, 1.807) is 38.1 Å². The molecule has 1 aliphatic rings. The summed E-state index contributed by atoms with van der Waals surface area (Å²) in [4.78, 5) is 39.3. The lowest BCUT2D eigenvalue weighted by Gasteiger charge is -2.22. The molecule has 7 nitrogen and oxygen atoms in total. The highest BCUT2D eigenvalue weighted by Crippen LogP contribution is 2.44. The maximum absolute atomic E-state index is 12.9. The minimum absolute atomic E-state index is 0.192. The van der Waals surface area contributed by atoms with E-state index in [1.165, 1.54) is 11.3 Å². The van der Waals surface area contributed by atoms with Gasteiger partial charge in [0, 0.05) is 10.4 Å². The predicted molar refractivity (Wildman–Crippen MR) is 118 cm³/mol. The van der Waals surface area contributed by atoms with Gasteiger partial charge in [0.05, 0.1) is 31.3 Å². The minimum Gasteiger partial charge on any atom is -0.494 e. The molecule has 1 atom stereocenters. The highest BCUT2D eigenvalue weighted by molar-refractivity contribution is 7.17. The Hall–Kier alpha value is -2.87. The van der Waals surface area contributed by atoms with Crippen LogP contribution in [0.1, 0.15) is 70.7 Å². The molecule has 0 fully saturated rings. The van der Waals surface area contributed by atoms with Crippen molar-refractivity contribution in [3.05, 3.63) is 45.8 Å². The molecule has 0 aliphatic heterocycles. The first-order valence-electron chi connectivity index (χ1n) is 10.5. The first-order chi connectivity index (χ1) is 15.0. The van der Waals surface area contributed by atoms with E-state index in [9.17, 15) is 14.4 Å². The van der Waals surface area contributed by atoms with Gasteiger partial charge in [-0.15, -0.1) is 11.3 Å². The Bertz CT molecular complexity index is 967. The van der Waals surface area contributed by atoms with Crippen molar-refractivity contribution in [2.45, 2.75) is 46.0 Å². The fraction of sp³-hybridized carbons (Fsp3) is 0.435. The van der Waals surface area contributed by atoms with Crippen molar-refractivity contribution in [2.75, 3.05) is 25.1 Å². The van der Waals surface area contributed by atoms with Crippen molar-refractivity contribution < 1.29 is 28.6 Å². The smallest absolute Gasteiger partial charge is 0.341 e. The summed E-state index contributed by atoms with van der Waals surface area (Å²) in [6, 6.07) is 6.84. The third-order valence-corrected chi connectivity index (χ3v) is 6.13. The third kappa shape index (κ3) is 5.07. The molecule has 1 N–H and O–H groups in total. The summed E-state index contributed by atoms with van der Waals surface area (Å²) in [7, 11) is 0. The summed E-state index contributed by atoms with van der Waals surface area (Å²) < 4.78 is 16.0. The normalized spacial score (nSPS) is 15.0. The molecular weight excluding hydrogens is 418 g/mol. The highest BCUT2D eigenvalue weighted by Gasteiger charge is 2.36. The van der Waals surface area contributed by atoms with Gasteiger partial charge in [0.1, 0.15) is 10.8 Å². The Kier molecular flexibility index (Phi) is 7.68. The number of hydrogen-bond acceptors (Lipinski definition) is 7. The summed E-state index contributed by atoms with van der Waals surface area (Å²) in [5.41, 5.74) is 1.30. The second kappa shape index (κ2) is 10.4. The van der Waals surface area contributed by atoms with Gasteiger partial charge in [-0.05, 0) is 63.8 Å². The molecule has 1 unspecified atom stereocenters. The molecule has 1 aliphatic carbocycles. The van der Waals surface area contributed by atoms with E-state index in [2.05, 4.69) is 5.32 Å². The van der Waals surface area contributed by atoms with E-state index >= 15 is 0 Å². The number of hydrogen-bond donors (Lipinski definition) is 1. The summed E-state index contributed by atoms with van der Waals surface area (Å²) in [6.45, 7) is 6.29. The first kappa shape index (κ1) is 22.8. The number of esters is 2. The van der Waals surface area contributed by atoms with E-state index in [0.29, 0.717) is 34.9 Å². The number of carbonyl (C=O) groups excluding carboxylic acids is 3. The van der Waals surface area contributed by atoms with Gasteiger partial charge >= 0.3 is 11.9 Å². The van der Waals surface area contributed by atoms with Crippen LogP contribution in [0.25, 0.3) is 0 Å². The van der Waals surface area contributed by atoms with E-state index in [4.69, 9.17) is 14.2 Å². The molecule has 3 rings (SSSR count). The fourth-order valence-electron chi connectivity index (χ4n) is 3.70. The molecule has 1 aromatic heterocycles. The zero-order valence-electron chi connectivity index (χ0n) is 18.0. The number of thiophene rings is 1. The monoisotopic (exact) mass is 445 g/mol. The van der Waals surface area contributed by atoms with Crippen molar-refractivity contribution in [3.63, 3.8) is 0 Å². The lowest BCUT2D eigenvalue weighted by Crippen LogP contribution is -2.23. The van der Waals surface area contributed by atoms with E-state index in [1.807, 2.05) is 6.92 Å². The van der Waals surface area contributed by atoms with Crippen molar-refractivity contribution in [2.24, 2.45) is 0 Å². The Morgan fingerprint density at radius 3 is 2.58 bits per heavy atom. The highest BCUT2D eigenvalue weighted by atomic mass is 32.1. The molecule has 0 radical (unpaired) electrons. The SMILES string of the molecule is CCOC(=O)c1c(NC(=O)c2cccc(OCC)c2)sc2c1C(C(=O)OCC)CCC2. The Balaban J connectivity index is 1.98. The average molecular weight is 446 g/mol. The largest absolute Gasteiger partial charge is 0.494 e. The van der Waals surface area contributed by atoms with Crippen LogP contribution in [-0.4, -0.2) is 37.7 Å². The zero-order chi connectivity index (χ0) is 22.4. The van der Waals surface area contributed by atoms with E-state index in [-0.39, 0.29) is 30.7 Å². The number of fused-ring (bicyclic) bond motifs is 1. The molecule has 1 heterocycles. The number of anilines is 1. The van der Waals surface area contributed by atoms with Crippen molar-refractivity contribution >= 4 is 34.2 Å². The van der Waals surface area contributed by atoms with Crippen molar-refractivity contribution in [3.8, 4) is 5.75 Å². The van der Waals surface area contributed by atoms with Gasteiger partial charge in [-0.2, -0.15) is 0 Å². The summed E-state index contributed by atoms with van der Waals surface area (Å²) >= 11 is 1.32. The van der Waals surface area contributed by atoms with Crippen LogP contribution in [0.5, 0.6) is 5.75 Å². The summed E-state index contributed by atoms with van der Waals surface area (Å²) in [5.74, 6) is -1.21. The van der Waals surface area contributed by atoms with Gasteiger partial charge in [-0.25, -0.2) is 4.79 Å². The van der Waals surface area contributed by atoms with Gasteiger partial charge in [0.25, 0.3) is 5.91 Å². The maximum Gasteiger partial charge on any atom is 0.341 e. The second-order valence-corrected chi connectivity index (χ2v) is 8.08. The van der Waals surface area contributed by atoms with Crippen LogP contribution in [-0.2, 0) is 20.7 Å². The number of ether oxygens (including phenoxy) is 3. The number of amides is 1. The molecule has 1 aromatic carbocycles. The number of carbonyl (C=O) groups is 3. The molecule has 8 heteroatoms. The molecule has 0 saturated carbocycles. The van der Waals surface area contributed by atoms with Gasteiger partial charge < -0.3 is 19.5 Å². The molecule has 2 aromatic rings. The predicted octanol–water partition coefficient (Wildman–Crippen LogP) is 4.56. The van der Waals surface area contributed by atoms with Gasteiger partial charge in [0.2, 0.25) is 0 Å². The Morgan fingerprint density at radius 2 is 1.87 bits per heavy atom. The minimum atomic E-state index is -0.547. The quantitative estimate of drug-likeness (QED) is 0.599. The van der Waals surface area contributed by atoms with Crippen LogP contribution < -0.4 is 10.1 Å². The molecule has 31 heavy (non-hydrogen) atoms. The zero-order valence-corrected chi connectivity index (χ0v) is 18.8. The van der Waals surface area contributed by atoms with Crippen LogP contribution in [0.2, 0.25) is 0 Å². The van der Waals surface area contributed by atoms with Crippen LogP contribution in [0, 0.1) is 0 Å². The van der Waals surface area contributed by atoms with E-state index < -0.39 is 11.9 Å². The molecule has 0 saturated heterocycles. The van der Waals surface area contributed by atoms with Gasteiger partial charge in [-0.1, -0.05) is 6.07 Å². The second-order valence-electron chi connectivity index (χ2n) is 6.98. The third-order valence-electron chi connectivity index (χ3n) is 4.95. The fourth-order valence-corrected chi connectivity index (χ4v) is 4.98. The van der Waals surface area contributed by atoms with Crippen LogP contribution in [0.4, 0.5) is 5.00 Å². The first-order valence-corrected chi connectivity index (χ1v) is 11.3. The summed E-state index contributed by atoms with van der Waals surface area (Å²) in [6.07, 6.45) is 2.14. The number of nitrogens with one attached hydrogen (secondary N) is 1. The molecule has 166 valence electrons. The number of rotatable bonds is 8. The molecule has 0 bridgehead atoms. The summed E-state index contributed by atoms with van der Waals surface area (Å²) in [5, 5.41) is 3.25. The maximum atomic E-state index is 12.9. The molecular formula is C23H27NO6S. The van der Waals surface area contributed by atoms with Gasteiger partial charge in [0.15, 0.2) is 0 Å². The standard InChI is InChI=1S/C23H27NO6S/c1-4-28-15-10-7-9-14(13-15)20(25)24-21-19(23(27)30-6-3)18-16(22(26)29-5-2)11-8-12-17(18)31-21/h7,9-10,13,16H,4-6,8,11-12H2,1-3H3,(H,24,25). The van der Waals surface area contributed by atoms with Crippen LogP contribution >= 0.6 is 11.3 Å². The van der Waals surface area contributed by atoms with Crippen molar-refractivity contribution in [1.29, 1.82) is 0 Å². The van der Waals surface area contributed by atoms with E-state index in [0.717, 1.165) is 17.7 Å². The lowest BCUT2D eigenvalue weighted by atomic mass is 9.85. The Morgan fingerprint density at radius 1 is 1.10 bits per heavy atom. The number of aryl methyl sites for hydroxylation is 1. The lowest BCUT2D eigenvalue weighted by molar-refractivity contribution is -0.145.